The van der Waals surface area contributed by atoms with Crippen LogP contribution < -0.4 is 10.2 Å². The van der Waals surface area contributed by atoms with Gasteiger partial charge in [0.2, 0.25) is 0 Å². The maximum atomic E-state index is 5.38. The van der Waals surface area contributed by atoms with Crippen LogP contribution in [-0.2, 0) is 4.74 Å². The number of nitrogens with zero attached hydrogens (tertiary/aromatic N) is 2. The van der Waals surface area contributed by atoms with Crippen molar-refractivity contribution < 1.29 is 4.74 Å². The smallest absolute Gasteiger partial charge is 0.0722 e. The normalized spacial score (nSPS) is 26.3. The average molecular weight is 325 g/mol. The number of anilines is 1. The molecule has 2 saturated heterocycles. The van der Waals surface area contributed by atoms with Gasteiger partial charge in [0.15, 0.2) is 0 Å². The first-order chi connectivity index (χ1) is 11.6. The zero-order chi connectivity index (χ0) is 16.6. The Bertz CT molecular complexity index is 708. The Kier molecular flexibility index (Phi) is 4.19. The molecule has 1 aromatic carbocycles. The van der Waals surface area contributed by atoms with E-state index in [1.165, 1.54) is 17.5 Å². The monoisotopic (exact) mass is 325 g/mol. The number of rotatable bonds is 4. The molecule has 2 fully saturated rings. The molecule has 4 rings (SSSR count). The summed E-state index contributed by atoms with van der Waals surface area (Å²) in [5.74, 6) is 0.689. The molecule has 128 valence electrons. The summed E-state index contributed by atoms with van der Waals surface area (Å²) in [6.07, 6.45) is 3.12. The Morgan fingerprint density at radius 1 is 1.25 bits per heavy atom. The lowest BCUT2D eigenvalue weighted by Gasteiger charge is -2.43. The van der Waals surface area contributed by atoms with Crippen molar-refractivity contribution in [1.82, 2.24) is 10.3 Å². The van der Waals surface area contributed by atoms with Gasteiger partial charge in [0, 0.05) is 48.4 Å². The van der Waals surface area contributed by atoms with E-state index < -0.39 is 0 Å². The van der Waals surface area contributed by atoms with Gasteiger partial charge in [-0.05, 0) is 36.6 Å². The number of fused-ring (bicyclic) bond motifs is 1. The number of hydrogen-bond acceptors (Lipinski definition) is 4. The molecule has 4 heteroatoms. The fraction of sp³-hybridized carbons (Fsp3) is 0.550. The molecule has 1 N–H and O–H groups in total. The maximum Gasteiger partial charge on any atom is 0.0722 e. The highest BCUT2D eigenvalue weighted by Crippen LogP contribution is 2.30. The van der Waals surface area contributed by atoms with Gasteiger partial charge in [-0.25, -0.2) is 0 Å². The minimum absolute atomic E-state index is 0.328. The highest BCUT2D eigenvalue weighted by Gasteiger charge is 2.34. The topological polar surface area (TPSA) is 37.4 Å². The molecular formula is C20H27N3O. The second-order valence-corrected chi connectivity index (χ2v) is 7.97. The number of hydrogen-bond donors (Lipinski definition) is 1. The lowest BCUT2D eigenvalue weighted by molar-refractivity contribution is -0.100. The van der Waals surface area contributed by atoms with E-state index in [-0.39, 0.29) is 0 Å². The van der Waals surface area contributed by atoms with E-state index in [0.29, 0.717) is 17.4 Å². The highest BCUT2D eigenvalue weighted by atomic mass is 16.5. The molecule has 0 bridgehead atoms. The predicted octanol–water partition coefficient (Wildman–Crippen LogP) is 3.08. The van der Waals surface area contributed by atoms with Crippen molar-refractivity contribution in [3.8, 4) is 0 Å². The van der Waals surface area contributed by atoms with Gasteiger partial charge in [0.1, 0.15) is 0 Å². The van der Waals surface area contributed by atoms with Crippen molar-refractivity contribution in [2.24, 2.45) is 11.3 Å². The first-order valence-electron chi connectivity index (χ1n) is 9.03. The third-order valence-corrected chi connectivity index (χ3v) is 5.34. The van der Waals surface area contributed by atoms with E-state index in [9.17, 15) is 0 Å². The standard InChI is InChI=1S/C20H27N3O/c1-15-9-16(22-12-20(2)13-24-14-20)11-23(10-15)19-7-3-6-18-17(19)5-4-8-21-18/h3-8,15-16,22H,9-14H2,1-2H3/t15-,16+/m0/s1. The van der Waals surface area contributed by atoms with Gasteiger partial charge in [0.05, 0.1) is 18.7 Å². The van der Waals surface area contributed by atoms with E-state index >= 15 is 0 Å². The van der Waals surface area contributed by atoms with Crippen molar-refractivity contribution >= 4 is 16.6 Å². The molecule has 2 atom stereocenters. The van der Waals surface area contributed by atoms with Crippen LogP contribution in [0.4, 0.5) is 5.69 Å². The summed E-state index contributed by atoms with van der Waals surface area (Å²) in [7, 11) is 0. The lowest BCUT2D eigenvalue weighted by atomic mass is 9.87. The van der Waals surface area contributed by atoms with Gasteiger partial charge >= 0.3 is 0 Å². The number of nitrogens with one attached hydrogen (secondary N) is 1. The number of pyridine rings is 1. The number of benzene rings is 1. The van der Waals surface area contributed by atoms with Gasteiger partial charge in [-0.3, -0.25) is 4.98 Å². The highest BCUT2D eigenvalue weighted by molar-refractivity contribution is 5.91. The quantitative estimate of drug-likeness (QED) is 0.937. The molecule has 0 spiro atoms. The van der Waals surface area contributed by atoms with Crippen LogP contribution in [-0.4, -0.2) is 43.9 Å². The molecule has 0 unspecified atom stereocenters. The Morgan fingerprint density at radius 2 is 2.12 bits per heavy atom. The molecule has 0 amide bonds. The summed E-state index contributed by atoms with van der Waals surface area (Å²) in [5, 5.41) is 5.06. The molecule has 1 aromatic heterocycles. The van der Waals surface area contributed by atoms with Crippen molar-refractivity contribution in [2.75, 3.05) is 37.7 Å². The van der Waals surface area contributed by atoms with Crippen LogP contribution in [0.2, 0.25) is 0 Å². The Balaban J connectivity index is 1.51. The van der Waals surface area contributed by atoms with Gasteiger partial charge in [-0.15, -0.1) is 0 Å². The Hall–Kier alpha value is -1.65. The van der Waals surface area contributed by atoms with Crippen LogP contribution in [0.25, 0.3) is 10.9 Å². The van der Waals surface area contributed by atoms with E-state index in [1.807, 2.05) is 12.3 Å². The third-order valence-electron chi connectivity index (χ3n) is 5.34. The second kappa shape index (κ2) is 6.34. The van der Waals surface area contributed by atoms with Crippen LogP contribution in [0.1, 0.15) is 20.3 Å². The van der Waals surface area contributed by atoms with Crippen molar-refractivity contribution in [2.45, 2.75) is 26.3 Å². The van der Waals surface area contributed by atoms with Crippen LogP contribution in [0.5, 0.6) is 0 Å². The SMILES string of the molecule is C[C@H]1C[C@@H](NCC2(C)COC2)CN(c2cccc3ncccc23)C1. The summed E-state index contributed by atoms with van der Waals surface area (Å²) in [4.78, 5) is 7.04. The fourth-order valence-electron chi connectivity index (χ4n) is 4.00. The van der Waals surface area contributed by atoms with E-state index in [0.717, 1.165) is 38.4 Å². The second-order valence-electron chi connectivity index (χ2n) is 7.97. The van der Waals surface area contributed by atoms with E-state index in [4.69, 9.17) is 4.74 Å². The van der Waals surface area contributed by atoms with Crippen molar-refractivity contribution in [3.63, 3.8) is 0 Å². The van der Waals surface area contributed by atoms with E-state index in [2.05, 4.69) is 53.3 Å². The number of piperidine rings is 1. The lowest BCUT2D eigenvalue weighted by Crippen LogP contribution is -2.54. The molecule has 0 saturated carbocycles. The minimum Gasteiger partial charge on any atom is -0.380 e. The summed E-state index contributed by atoms with van der Waals surface area (Å²) in [6.45, 7) is 9.68. The zero-order valence-corrected chi connectivity index (χ0v) is 14.7. The number of ether oxygens (including phenoxy) is 1. The first kappa shape index (κ1) is 15.9. The van der Waals surface area contributed by atoms with E-state index in [1.54, 1.807) is 0 Å². The molecular weight excluding hydrogens is 298 g/mol. The van der Waals surface area contributed by atoms with Crippen LogP contribution in [0.3, 0.4) is 0 Å². The molecule has 3 heterocycles. The number of aromatic nitrogens is 1. The van der Waals surface area contributed by atoms with Crippen LogP contribution in [0, 0.1) is 11.3 Å². The van der Waals surface area contributed by atoms with Gasteiger partial charge in [-0.2, -0.15) is 0 Å². The fourth-order valence-corrected chi connectivity index (χ4v) is 4.00. The molecule has 2 aromatic rings. The van der Waals surface area contributed by atoms with Gasteiger partial charge in [-0.1, -0.05) is 19.9 Å². The summed E-state index contributed by atoms with van der Waals surface area (Å²) < 4.78 is 5.38. The molecule has 0 aliphatic carbocycles. The minimum atomic E-state index is 0.328. The van der Waals surface area contributed by atoms with Crippen molar-refractivity contribution in [3.05, 3.63) is 36.5 Å². The largest absolute Gasteiger partial charge is 0.380 e. The first-order valence-corrected chi connectivity index (χ1v) is 9.03. The molecule has 0 radical (unpaired) electrons. The zero-order valence-electron chi connectivity index (χ0n) is 14.7. The summed E-state index contributed by atoms with van der Waals surface area (Å²) in [6, 6.07) is 11.2. The van der Waals surface area contributed by atoms with Crippen LogP contribution >= 0.6 is 0 Å². The van der Waals surface area contributed by atoms with Gasteiger partial charge < -0.3 is 15.0 Å². The van der Waals surface area contributed by atoms with Crippen LogP contribution in [0.15, 0.2) is 36.5 Å². The summed E-state index contributed by atoms with van der Waals surface area (Å²) >= 11 is 0. The average Bonchev–Trinajstić information content (AvgIpc) is 2.57. The Labute approximate surface area is 144 Å². The van der Waals surface area contributed by atoms with Gasteiger partial charge in [0.25, 0.3) is 0 Å². The third kappa shape index (κ3) is 3.13. The van der Waals surface area contributed by atoms with Crippen molar-refractivity contribution in [1.29, 1.82) is 0 Å². The molecule has 2 aliphatic rings. The molecule has 4 nitrogen and oxygen atoms in total. The predicted molar refractivity (Wildman–Crippen MR) is 98.5 cm³/mol. The Morgan fingerprint density at radius 3 is 2.92 bits per heavy atom. The molecule has 24 heavy (non-hydrogen) atoms. The molecule has 2 aliphatic heterocycles. The maximum absolute atomic E-state index is 5.38. The summed E-state index contributed by atoms with van der Waals surface area (Å²) in [5.41, 5.74) is 2.73.